The Balaban J connectivity index is 1.84. The third-order valence-electron chi connectivity index (χ3n) is 4.86. The number of aliphatic hydroxyl groups excluding tert-OH is 1. The third-order valence-corrected chi connectivity index (χ3v) is 4.86. The summed E-state index contributed by atoms with van der Waals surface area (Å²) in [6.45, 7) is 8.80. The van der Waals surface area contributed by atoms with Crippen molar-refractivity contribution in [3.8, 4) is 5.75 Å². The van der Waals surface area contributed by atoms with Gasteiger partial charge in [0.1, 0.15) is 11.3 Å². The second-order valence-corrected chi connectivity index (χ2v) is 6.50. The van der Waals surface area contributed by atoms with Crippen molar-refractivity contribution in [3.05, 3.63) is 30.0 Å². The lowest BCUT2D eigenvalue weighted by Crippen LogP contribution is -2.48. The van der Waals surface area contributed by atoms with Crippen LogP contribution in [0.4, 0.5) is 5.69 Å². The zero-order valence-electron chi connectivity index (χ0n) is 14.8. The van der Waals surface area contributed by atoms with Crippen LogP contribution in [0.5, 0.6) is 5.75 Å². The van der Waals surface area contributed by atoms with Crippen LogP contribution in [0.3, 0.4) is 0 Å². The Morgan fingerprint density at radius 3 is 2.67 bits per heavy atom. The van der Waals surface area contributed by atoms with Crippen molar-refractivity contribution < 1.29 is 9.84 Å². The summed E-state index contributed by atoms with van der Waals surface area (Å²) >= 11 is 0. The molecule has 1 fully saturated rings. The number of hydrogen-bond acceptors (Lipinski definition) is 5. The average molecular weight is 329 g/mol. The van der Waals surface area contributed by atoms with Gasteiger partial charge in [-0.2, -0.15) is 0 Å². The molecule has 1 N–H and O–H groups in total. The number of rotatable bonds is 5. The highest BCUT2D eigenvalue weighted by Crippen LogP contribution is 2.34. The van der Waals surface area contributed by atoms with Gasteiger partial charge in [0.15, 0.2) is 0 Å². The van der Waals surface area contributed by atoms with E-state index in [9.17, 15) is 5.11 Å². The number of aliphatic hydroxyl groups is 1. The molecule has 5 nitrogen and oxygen atoms in total. The zero-order valence-corrected chi connectivity index (χ0v) is 14.8. The summed E-state index contributed by atoms with van der Waals surface area (Å²) < 4.78 is 5.47. The topological polar surface area (TPSA) is 48.8 Å². The van der Waals surface area contributed by atoms with E-state index in [4.69, 9.17) is 4.74 Å². The maximum Gasteiger partial charge on any atom is 0.145 e. The quantitative estimate of drug-likeness (QED) is 0.913. The van der Waals surface area contributed by atoms with E-state index < -0.39 is 0 Å². The maximum absolute atomic E-state index is 9.86. The molecule has 1 aliphatic rings. The summed E-state index contributed by atoms with van der Waals surface area (Å²) in [7, 11) is 1.69. The van der Waals surface area contributed by atoms with E-state index in [0.29, 0.717) is 0 Å². The molecular weight excluding hydrogens is 302 g/mol. The van der Waals surface area contributed by atoms with E-state index in [1.54, 1.807) is 7.11 Å². The number of benzene rings is 1. The summed E-state index contributed by atoms with van der Waals surface area (Å²) in [4.78, 5) is 9.37. The molecule has 3 rings (SSSR count). The van der Waals surface area contributed by atoms with Gasteiger partial charge in [-0.25, -0.2) is 0 Å². The molecule has 0 aliphatic carbocycles. The van der Waals surface area contributed by atoms with Crippen LogP contribution in [-0.2, 0) is 0 Å². The van der Waals surface area contributed by atoms with Gasteiger partial charge in [0.25, 0.3) is 0 Å². The van der Waals surface area contributed by atoms with Crippen LogP contribution in [0, 0.1) is 6.92 Å². The molecule has 1 atom stereocenters. The number of ether oxygens (including phenoxy) is 1. The summed E-state index contributed by atoms with van der Waals surface area (Å²) in [6.07, 6.45) is 2.53. The number of hydrogen-bond donors (Lipinski definition) is 1. The van der Waals surface area contributed by atoms with Crippen molar-refractivity contribution >= 4 is 16.6 Å². The first-order valence-corrected chi connectivity index (χ1v) is 8.71. The van der Waals surface area contributed by atoms with Crippen molar-refractivity contribution in [1.82, 2.24) is 9.88 Å². The summed E-state index contributed by atoms with van der Waals surface area (Å²) in [5, 5.41) is 11.0. The number of β-amino-alcohol motifs (C(OH)–C–C–N with tert-alkyl or cyclic N) is 1. The second kappa shape index (κ2) is 7.36. The van der Waals surface area contributed by atoms with Gasteiger partial charge in [-0.05, 0) is 25.0 Å². The number of fused-ring (bicyclic) bond motifs is 1. The summed E-state index contributed by atoms with van der Waals surface area (Å²) in [6, 6.07) is 6.11. The molecule has 2 heterocycles. The van der Waals surface area contributed by atoms with Crippen LogP contribution in [0.2, 0.25) is 0 Å². The monoisotopic (exact) mass is 329 g/mol. The summed E-state index contributed by atoms with van der Waals surface area (Å²) in [5.74, 6) is 0.818. The minimum atomic E-state index is -0.218. The lowest BCUT2D eigenvalue weighted by Gasteiger charge is -2.38. The van der Waals surface area contributed by atoms with Gasteiger partial charge in [-0.1, -0.05) is 19.1 Å². The van der Waals surface area contributed by atoms with Crippen molar-refractivity contribution in [2.45, 2.75) is 26.4 Å². The molecular formula is C19H27N3O2. The highest BCUT2D eigenvalue weighted by atomic mass is 16.5. The van der Waals surface area contributed by atoms with Gasteiger partial charge in [0.2, 0.25) is 0 Å². The SMILES string of the molecule is CCC(O)CN1CCN(c2c(C)cnc3c(OC)cccc23)CC1. The molecule has 1 aromatic heterocycles. The molecule has 0 bridgehead atoms. The molecule has 0 amide bonds. The average Bonchev–Trinajstić information content (AvgIpc) is 2.61. The standard InChI is InChI=1S/C19H27N3O2/c1-4-15(23)13-21-8-10-22(11-9-21)19-14(2)12-20-18-16(19)6-5-7-17(18)24-3/h5-7,12,15,23H,4,8-11,13H2,1-3H3. The van der Waals surface area contributed by atoms with E-state index >= 15 is 0 Å². The molecule has 0 radical (unpaired) electrons. The largest absolute Gasteiger partial charge is 0.494 e. The Hall–Kier alpha value is -1.85. The fourth-order valence-electron chi connectivity index (χ4n) is 3.45. The number of anilines is 1. The van der Waals surface area contributed by atoms with Crippen LogP contribution in [-0.4, -0.2) is 60.9 Å². The number of para-hydroxylation sites is 1. The highest BCUT2D eigenvalue weighted by Gasteiger charge is 2.22. The first-order valence-electron chi connectivity index (χ1n) is 8.71. The number of pyridine rings is 1. The molecule has 130 valence electrons. The first-order chi connectivity index (χ1) is 11.6. The maximum atomic E-state index is 9.86. The van der Waals surface area contributed by atoms with Gasteiger partial charge in [0.05, 0.1) is 18.9 Å². The van der Waals surface area contributed by atoms with Crippen molar-refractivity contribution in [1.29, 1.82) is 0 Å². The normalized spacial score (nSPS) is 17.2. The van der Waals surface area contributed by atoms with E-state index in [1.165, 1.54) is 11.3 Å². The number of methoxy groups -OCH3 is 1. The highest BCUT2D eigenvalue weighted by molar-refractivity contribution is 5.96. The zero-order chi connectivity index (χ0) is 17.1. The van der Waals surface area contributed by atoms with Crippen LogP contribution in [0.15, 0.2) is 24.4 Å². The lowest BCUT2D eigenvalue weighted by atomic mass is 10.1. The molecule has 0 spiro atoms. The molecule has 1 unspecified atom stereocenters. The molecule has 0 saturated carbocycles. The molecule has 5 heteroatoms. The first kappa shape index (κ1) is 17.0. The van der Waals surface area contributed by atoms with Crippen molar-refractivity contribution in [2.75, 3.05) is 44.7 Å². The minimum absolute atomic E-state index is 0.218. The Bertz CT molecular complexity index is 696. The smallest absolute Gasteiger partial charge is 0.145 e. The number of nitrogens with zero attached hydrogens (tertiary/aromatic N) is 3. The Kier molecular flexibility index (Phi) is 5.21. The third kappa shape index (κ3) is 3.32. The second-order valence-electron chi connectivity index (χ2n) is 6.50. The van der Waals surface area contributed by atoms with E-state index in [-0.39, 0.29) is 6.10 Å². The fourth-order valence-corrected chi connectivity index (χ4v) is 3.45. The van der Waals surface area contributed by atoms with Crippen LogP contribution >= 0.6 is 0 Å². The number of aryl methyl sites for hydroxylation is 1. The predicted octanol–water partition coefficient (Wildman–Crippen LogP) is 2.44. The number of aromatic nitrogens is 1. The van der Waals surface area contributed by atoms with Gasteiger partial charge in [-0.3, -0.25) is 9.88 Å². The van der Waals surface area contributed by atoms with Gasteiger partial charge in [0, 0.05) is 44.3 Å². The molecule has 1 saturated heterocycles. The Morgan fingerprint density at radius 1 is 1.25 bits per heavy atom. The Labute approximate surface area is 143 Å². The fraction of sp³-hybridized carbons (Fsp3) is 0.526. The van der Waals surface area contributed by atoms with Gasteiger partial charge >= 0.3 is 0 Å². The van der Waals surface area contributed by atoms with Gasteiger partial charge < -0.3 is 14.7 Å². The summed E-state index contributed by atoms with van der Waals surface area (Å²) in [5.41, 5.74) is 3.37. The minimum Gasteiger partial charge on any atom is -0.494 e. The van der Waals surface area contributed by atoms with Gasteiger partial charge in [-0.15, -0.1) is 0 Å². The van der Waals surface area contributed by atoms with Crippen LogP contribution in [0.25, 0.3) is 10.9 Å². The number of piperazine rings is 1. The van der Waals surface area contributed by atoms with Crippen LogP contribution < -0.4 is 9.64 Å². The molecule has 1 aliphatic heterocycles. The van der Waals surface area contributed by atoms with E-state index in [0.717, 1.165) is 55.8 Å². The van der Waals surface area contributed by atoms with Crippen LogP contribution in [0.1, 0.15) is 18.9 Å². The van der Waals surface area contributed by atoms with Crippen molar-refractivity contribution in [2.24, 2.45) is 0 Å². The van der Waals surface area contributed by atoms with E-state index in [2.05, 4.69) is 27.8 Å². The molecule has 2 aromatic rings. The Morgan fingerprint density at radius 2 is 2.00 bits per heavy atom. The van der Waals surface area contributed by atoms with Crippen molar-refractivity contribution in [3.63, 3.8) is 0 Å². The molecule has 1 aromatic carbocycles. The predicted molar refractivity (Wildman–Crippen MR) is 98.0 cm³/mol. The lowest BCUT2D eigenvalue weighted by molar-refractivity contribution is 0.106. The molecule has 24 heavy (non-hydrogen) atoms. The van der Waals surface area contributed by atoms with E-state index in [1.807, 2.05) is 25.3 Å².